The van der Waals surface area contributed by atoms with Crippen molar-refractivity contribution in [2.24, 2.45) is 23.7 Å². The number of aliphatic hydroxyl groups excluding tert-OH is 1. The van der Waals surface area contributed by atoms with Crippen molar-refractivity contribution in [3.63, 3.8) is 0 Å². The van der Waals surface area contributed by atoms with Gasteiger partial charge < -0.3 is 30.1 Å². The molecule has 9 heteroatoms. The van der Waals surface area contributed by atoms with Crippen molar-refractivity contribution in [3.8, 4) is 5.75 Å². The summed E-state index contributed by atoms with van der Waals surface area (Å²) in [5.41, 5.74) is -1.46. The molecule has 0 aliphatic carbocycles. The number of likely N-dealkylation sites (tertiary alicyclic amines) is 1. The summed E-state index contributed by atoms with van der Waals surface area (Å²) in [6.45, 7) is 7.37. The Hall–Kier alpha value is -2.65. The van der Waals surface area contributed by atoms with E-state index < -0.39 is 41.0 Å². The lowest BCUT2D eigenvalue weighted by molar-refractivity contribution is -0.150. The number of carbonyl (C=O) groups is 3. The van der Waals surface area contributed by atoms with E-state index in [-0.39, 0.29) is 30.3 Å². The van der Waals surface area contributed by atoms with E-state index in [1.54, 1.807) is 38.4 Å². The van der Waals surface area contributed by atoms with Gasteiger partial charge in [0.1, 0.15) is 17.4 Å². The van der Waals surface area contributed by atoms with Gasteiger partial charge in [-0.05, 0) is 49.4 Å². The highest BCUT2D eigenvalue weighted by molar-refractivity contribution is 6.04. The lowest BCUT2D eigenvalue weighted by atomic mass is 9.62. The molecule has 3 aliphatic rings. The minimum Gasteiger partial charge on any atom is -0.497 e. The fraction of sp³-hybridized carbons (Fsp3) is 0.640. The second kappa shape index (κ2) is 8.53. The highest BCUT2D eigenvalue weighted by Gasteiger charge is 2.80. The number of methoxy groups -OCH3 is 1. The molecule has 3 unspecified atom stereocenters. The Bertz CT molecular complexity index is 981. The molecule has 34 heavy (non-hydrogen) atoms. The number of hydrogen-bond acceptors (Lipinski definition) is 6. The van der Waals surface area contributed by atoms with Crippen LogP contribution in [0.25, 0.3) is 0 Å². The molecule has 186 valence electrons. The summed E-state index contributed by atoms with van der Waals surface area (Å²) in [5, 5.41) is 15.8. The zero-order valence-corrected chi connectivity index (χ0v) is 20.6. The van der Waals surface area contributed by atoms with Gasteiger partial charge in [0.2, 0.25) is 17.7 Å². The molecule has 3 aliphatic heterocycles. The number of nitrogens with one attached hydrogen (secondary N) is 2. The van der Waals surface area contributed by atoms with E-state index in [2.05, 4.69) is 10.6 Å². The standard InChI is InChI=1S/C25H35N3O6/c1-13(2)17(12-29)28-20(22(31)27-15-7-9-16(33-6)10-8-15)25-11-14(3)24(4,34-25)18(21(30)26-5)19(25)23(28)32/h7-10,13-14,17-20,29H,11-12H2,1-6H3,(H,26,30)(H,27,31)/t14?,17-,18+,19-,20?,24-,25?/m0/s1. The number of carbonyl (C=O) groups excluding carboxylic acids is 3. The van der Waals surface area contributed by atoms with Crippen LogP contribution >= 0.6 is 0 Å². The largest absolute Gasteiger partial charge is 0.497 e. The number of ether oxygens (including phenoxy) is 2. The second-order valence-corrected chi connectivity index (χ2v) is 10.3. The average molecular weight is 474 g/mol. The highest BCUT2D eigenvalue weighted by Crippen LogP contribution is 2.65. The highest BCUT2D eigenvalue weighted by atomic mass is 16.5. The molecule has 9 nitrogen and oxygen atoms in total. The van der Waals surface area contributed by atoms with Gasteiger partial charge in [-0.3, -0.25) is 14.4 Å². The van der Waals surface area contributed by atoms with Gasteiger partial charge >= 0.3 is 0 Å². The molecule has 1 spiro atoms. The van der Waals surface area contributed by atoms with Crippen LogP contribution in [0.3, 0.4) is 0 Å². The lowest BCUT2D eigenvalue weighted by Gasteiger charge is -2.38. The van der Waals surface area contributed by atoms with Gasteiger partial charge in [-0.2, -0.15) is 0 Å². The summed E-state index contributed by atoms with van der Waals surface area (Å²) >= 11 is 0. The molecule has 3 amide bonds. The van der Waals surface area contributed by atoms with E-state index in [1.807, 2.05) is 27.7 Å². The quantitative estimate of drug-likeness (QED) is 0.551. The molecular formula is C25H35N3O6. The van der Waals surface area contributed by atoms with Gasteiger partial charge in [0.15, 0.2) is 0 Å². The summed E-state index contributed by atoms with van der Waals surface area (Å²) in [4.78, 5) is 42.3. The van der Waals surface area contributed by atoms with Crippen LogP contribution in [-0.2, 0) is 19.1 Å². The Kier molecular flexibility index (Phi) is 6.14. The number of benzene rings is 1. The molecule has 7 atom stereocenters. The molecule has 1 aromatic rings. The Balaban J connectivity index is 1.80. The molecule has 1 aromatic carbocycles. The Morgan fingerprint density at radius 1 is 1.26 bits per heavy atom. The number of anilines is 1. The molecule has 0 radical (unpaired) electrons. The fourth-order valence-corrected chi connectivity index (χ4v) is 6.39. The summed E-state index contributed by atoms with van der Waals surface area (Å²) in [5.74, 6) is -1.99. The van der Waals surface area contributed by atoms with Crippen LogP contribution in [0.15, 0.2) is 24.3 Å². The summed E-state index contributed by atoms with van der Waals surface area (Å²) in [6, 6.07) is 5.36. The van der Waals surface area contributed by atoms with Gasteiger partial charge in [0, 0.05) is 12.7 Å². The maximum atomic E-state index is 14.0. The average Bonchev–Trinajstić information content (AvgIpc) is 3.31. The zero-order valence-electron chi connectivity index (χ0n) is 20.6. The number of nitrogens with zero attached hydrogens (tertiary/aromatic N) is 1. The minimum absolute atomic E-state index is 0.0401. The summed E-state index contributed by atoms with van der Waals surface area (Å²) in [6.07, 6.45) is 0.473. The summed E-state index contributed by atoms with van der Waals surface area (Å²) in [7, 11) is 3.11. The Labute approximate surface area is 200 Å². The van der Waals surface area contributed by atoms with Gasteiger partial charge in [0.25, 0.3) is 0 Å². The third-order valence-electron chi connectivity index (χ3n) is 8.20. The summed E-state index contributed by atoms with van der Waals surface area (Å²) < 4.78 is 11.8. The first-order valence-electron chi connectivity index (χ1n) is 11.9. The number of fused-ring (bicyclic) bond motifs is 1. The van der Waals surface area contributed by atoms with Crippen LogP contribution < -0.4 is 15.4 Å². The minimum atomic E-state index is -1.15. The lowest BCUT2D eigenvalue weighted by Crippen LogP contribution is -2.57. The van der Waals surface area contributed by atoms with E-state index >= 15 is 0 Å². The van der Waals surface area contributed by atoms with E-state index in [0.29, 0.717) is 17.9 Å². The van der Waals surface area contributed by atoms with Gasteiger partial charge in [-0.15, -0.1) is 0 Å². The monoisotopic (exact) mass is 473 g/mol. The van der Waals surface area contributed by atoms with Crippen LogP contribution in [0.1, 0.15) is 34.1 Å². The van der Waals surface area contributed by atoms with Crippen molar-refractivity contribution < 1.29 is 29.0 Å². The molecule has 3 N–H and O–H groups in total. The molecule has 3 heterocycles. The molecule has 4 rings (SSSR count). The van der Waals surface area contributed by atoms with Crippen molar-refractivity contribution in [2.75, 3.05) is 26.1 Å². The molecule has 0 aromatic heterocycles. The molecular weight excluding hydrogens is 438 g/mol. The van der Waals surface area contributed by atoms with Crippen molar-refractivity contribution in [2.45, 2.75) is 57.4 Å². The number of hydrogen-bond donors (Lipinski definition) is 3. The van der Waals surface area contributed by atoms with E-state index in [0.717, 1.165) is 0 Å². The molecule has 3 saturated heterocycles. The van der Waals surface area contributed by atoms with Crippen LogP contribution in [0.2, 0.25) is 0 Å². The van der Waals surface area contributed by atoms with Crippen LogP contribution in [0.5, 0.6) is 5.75 Å². The van der Waals surface area contributed by atoms with Crippen LogP contribution in [0.4, 0.5) is 5.69 Å². The van der Waals surface area contributed by atoms with Crippen LogP contribution in [0, 0.1) is 23.7 Å². The number of aliphatic hydroxyl groups is 1. The maximum absolute atomic E-state index is 14.0. The third kappa shape index (κ3) is 3.32. The Morgan fingerprint density at radius 2 is 1.91 bits per heavy atom. The van der Waals surface area contributed by atoms with E-state index in [1.165, 1.54) is 4.90 Å². The third-order valence-corrected chi connectivity index (χ3v) is 8.20. The molecule has 2 bridgehead atoms. The predicted octanol–water partition coefficient (Wildman–Crippen LogP) is 1.41. The predicted molar refractivity (Wildman–Crippen MR) is 125 cm³/mol. The van der Waals surface area contributed by atoms with Crippen molar-refractivity contribution in [3.05, 3.63) is 24.3 Å². The SMILES string of the molecule is CNC(=O)[C@H]1[C@H]2C(=O)N([C@@H](CO)C(C)C)C(C(=O)Nc3ccc(OC)cc3)C23CC(C)[C@]1(C)O3. The first-order chi connectivity index (χ1) is 16.0. The van der Waals surface area contributed by atoms with Crippen molar-refractivity contribution in [1.82, 2.24) is 10.2 Å². The molecule has 3 fully saturated rings. The number of rotatable bonds is 7. The van der Waals surface area contributed by atoms with Gasteiger partial charge in [-0.1, -0.05) is 20.8 Å². The first-order valence-corrected chi connectivity index (χ1v) is 11.9. The Morgan fingerprint density at radius 3 is 2.44 bits per heavy atom. The number of amides is 3. The maximum Gasteiger partial charge on any atom is 0.250 e. The zero-order chi connectivity index (χ0) is 25.0. The van der Waals surface area contributed by atoms with E-state index in [9.17, 15) is 19.5 Å². The normalized spacial score (nSPS) is 34.8. The van der Waals surface area contributed by atoms with Gasteiger partial charge in [0.05, 0.1) is 37.2 Å². The van der Waals surface area contributed by atoms with Gasteiger partial charge in [-0.25, -0.2) is 0 Å². The fourth-order valence-electron chi connectivity index (χ4n) is 6.39. The smallest absolute Gasteiger partial charge is 0.250 e. The van der Waals surface area contributed by atoms with Crippen molar-refractivity contribution in [1.29, 1.82) is 0 Å². The van der Waals surface area contributed by atoms with Crippen molar-refractivity contribution >= 4 is 23.4 Å². The second-order valence-electron chi connectivity index (χ2n) is 10.3. The van der Waals surface area contributed by atoms with E-state index in [4.69, 9.17) is 9.47 Å². The topological polar surface area (TPSA) is 117 Å². The molecule has 0 saturated carbocycles. The first kappa shape index (κ1) is 24.5. The van der Waals surface area contributed by atoms with Crippen LogP contribution in [-0.4, -0.2) is 71.8 Å².